The summed E-state index contributed by atoms with van der Waals surface area (Å²) in [5.74, 6) is 1.68. The van der Waals surface area contributed by atoms with E-state index in [-0.39, 0.29) is 5.91 Å². The SMILES string of the molecule is CN=C(NCCc1nc(-c2cccc(Cl)c2)no1)NCc1ccc(C(=O)N(C)C)cc1. The lowest BCUT2D eigenvalue weighted by molar-refractivity contribution is 0.0827. The molecule has 2 N–H and O–H groups in total. The zero-order chi connectivity index (χ0) is 22.2. The summed E-state index contributed by atoms with van der Waals surface area (Å²) >= 11 is 6.01. The van der Waals surface area contributed by atoms with E-state index in [1.165, 1.54) is 0 Å². The second kappa shape index (κ2) is 10.6. The van der Waals surface area contributed by atoms with Gasteiger partial charge in [-0.25, -0.2) is 0 Å². The summed E-state index contributed by atoms with van der Waals surface area (Å²) in [6, 6.07) is 14.8. The highest BCUT2D eigenvalue weighted by Crippen LogP contribution is 2.19. The van der Waals surface area contributed by atoms with Crippen molar-refractivity contribution in [3.63, 3.8) is 0 Å². The highest BCUT2D eigenvalue weighted by molar-refractivity contribution is 6.30. The van der Waals surface area contributed by atoms with Crippen molar-refractivity contribution in [3.8, 4) is 11.4 Å². The number of aromatic nitrogens is 2. The fourth-order valence-electron chi connectivity index (χ4n) is 2.82. The predicted molar refractivity (Wildman–Crippen MR) is 121 cm³/mol. The molecule has 0 aliphatic heterocycles. The van der Waals surface area contributed by atoms with Gasteiger partial charge in [-0.2, -0.15) is 4.98 Å². The number of rotatable bonds is 7. The summed E-state index contributed by atoms with van der Waals surface area (Å²) < 4.78 is 5.32. The number of aliphatic imine (C=N–C) groups is 1. The van der Waals surface area contributed by atoms with Crippen LogP contribution in [-0.4, -0.2) is 54.6 Å². The van der Waals surface area contributed by atoms with Crippen molar-refractivity contribution in [1.82, 2.24) is 25.7 Å². The lowest BCUT2D eigenvalue weighted by Crippen LogP contribution is -2.37. The number of hydrogen-bond donors (Lipinski definition) is 2. The molecule has 9 heteroatoms. The molecule has 0 aliphatic carbocycles. The van der Waals surface area contributed by atoms with Crippen LogP contribution in [0.3, 0.4) is 0 Å². The molecule has 2 aromatic carbocycles. The van der Waals surface area contributed by atoms with Crippen molar-refractivity contribution in [1.29, 1.82) is 0 Å². The zero-order valence-corrected chi connectivity index (χ0v) is 18.5. The Balaban J connectivity index is 1.46. The molecule has 0 fully saturated rings. The lowest BCUT2D eigenvalue weighted by atomic mass is 10.1. The van der Waals surface area contributed by atoms with Gasteiger partial charge in [0, 0.05) is 56.8 Å². The Labute approximate surface area is 186 Å². The Hall–Kier alpha value is -3.39. The Bertz CT molecular complexity index is 1050. The molecule has 0 unspecified atom stereocenters. The summed E-state index contributed by atoms with van der Waals surface area (Å²) in [6.07, 6.45) is 0.551. The van der Waals surface area contributed by atoms with Crippen LogP contribution in [0.5, 0.6) is 0 Å². The fourth-order valence-corrected chi connectivity index (χ4v) is 3.01. The maximum atomic E-state index is 12.0. The minimum absolute atomic E-state index is 0.0171. The average Bonchev–Trinajstić information content (AvgIpc) is 3.25. The van der Waals surface area contributed by atoms with Gasteiger partial charge >= 0.3 is 0 Å². The second-order valence-corrected chi connectivity index (χ2v) is 7.46. The first-order valence-corrected chi connectivity index (χ1v) is 10.2. The summed E-state index contributed by atoms with van der Waals surface area (Å²) in [7, 11) is 5.18. The van der Waals surface area contributed by atoms with Crippen LogP contribution in [0.1, 0.15) is 21.8 Å². The van der Waals surface area contributed by atoms with E-state index in [9.17, 15) is 4.79 Å². The van der Waals surface area contributed by atoms with Crippen LogP contribution in [0.2, 0.25) is 5.02 Å². The molecule has 0 saturated carbocycles. The van der Waals surface area contributed by atoms with E-state index in [0.29, 0.717) is 47.8 Å². The van der Waals surface area contributed by atoms with Gasteiger partial charge in [-0.3, -0.25) is 9.79 Å². The Morgan fingerprint density at radius 3 is 2.61 bits per heavy atom. The predicted octanol–water partition coefficient (Wildman–Crippen LogP) is 3.00. The smallest absolute Gasteiger partial charge is 0.253 e. The molecule has 0 spiro atoms. The van der Waals surface area contributed by atoms with E-state index in [2.05, 4.69) is 25.8 Å². The van der Waals surface area contributed by atoms with Crippen molar-refractivity contribution >= 4 is 23.5 Å². The molecule has 0 saturated heterocycles. The average molecular weight is 441 g/mol. The van der Waals surface area contributed by atoms with Crippen LogP contribution in [0.15, 0.2) is 58.0 Å². The van der Waals surface area contributed by atoms with E-state index in [0.717, 1.165) is 11.1 Å². The third kappa shape index (κ3) is 6.29. The van der Waals surface area contributed by atoms with Gasteiger partial charge in [0.25, 0.3) is 5.91 Å². The normalized spacial score (nSPS) is 11.3. The molecular formula is C22H25ClN6O2. The van der Waals surface area contributed by atoms with Crippen LogP contribution in [0, 0.1) is 0 Å². The molecule has 1 heterocycles. The molecular weight excluding hydrogens is 416 g/mol. The van der Waals surface area contributed by atoms with E-state index in [4.69, 9.17) is 16.1 Å². The number of guanidine groups is 1. The Morgan fingerprint density at radius 2 is 1.94 bits per heavy atom. The number of amides is 1. The van der Waals surface area contributed by atoms with Crippen molar-refractivity contribution in [3.05, 3.63) is 70.6 Å². The number of halogens is 1. The van der Waals surface area contributed by atoms with E-state index in [1.807, 2.05) is 36.4 Å². The van der Waals surface area contributed by atoms with Gasteiger partial charge in [0.1, 0.15) is 0 Å². The summed E-state index contributed by atoms with van der Waals surface area (Å²) in [5.41, 5.74) is 2.51. The number of benzene rings is 2. The van der Waals surface area contributed by atoms with Crippen molar-refractivity contribution in [2.45, 2.75) is 13.0 Å². The first-order chi connectivity index (χ1) is 15.0. The maximum Gasteiger partial charge on any atom is 0.253 e. The number of nitrogens with one attached hydrogen (secondary N) is 2. The Kier molecular flexibility index (Phi) is 7.61. The standard InChI is InChI=1S/C22H25ClN6O2/c1-24-22(26-14-15-7-9-16(10-8-15)21(30)29(2)3)25-12-11-19-27-20(28-31-19)17-5-4-6-18(23)13-17/h4-10,13H,11-12,14H2,1-3H3,(H2,24,25,26). The van der Waals surface area contributed by atoms with Gasteiger partial charge in [-0.15, -0.1) is 0 Å². The first-order valence-electron chi connectivity index (χ1n) is 9.80. The van der Waals surface area contributed by atoms with Gasteiger partial charge < -0.3 is 20.1 Å². The molecule has 3 aromatic rings. The van der Waals surface area contributed by atoms with Crippen molar-refractivity contribution in [2.24, 2.45) is 4.99 Å². The topological polar surface area (TPSA) is 95.6 Å². The van der Waals surface area contributed by atoms with Gasteiger partial charge in [0.2, 0.25) is 11.7 Å². The maximum absolute atomic E-state index is 12.0. The number of nitrogens with zero attached hydrogens (tertiary/aromatic N) is 4. The molecule has 1 aromatic heterocycles. The van der Waals surface area contributed by atoms with Gasteiger partial charge in [-0.1, -0.05) is 41.0 Å². The van der Waals surface area contributed by atoms with Gasteiger partial charge in [-0.05, 0) is 29.8 Å². The summed E-state index contributed by atoms with van der Waals surface area (Å²) in [6.45, 7) is 1.16. The van der Waals surface area contributed by atoms with Crippen LogP contribution in [-0.2, 0) is 13.0 Å². The van der Waals surface area contributed by atoms with E-state index >= 15 is 0 Å². The minimum Gasteiger partial charge on any atom is -0.356 e. The molecule has 8 nitrogen and oxygen atoms in total. The van der Waals surface area contributed by atoms with E-state index < -0.39 is 0 Å². The molecule has 162 valence electrons. The summed E-state index contributed by atoms with van der Waals surface area (Å²) in [5, 5.41) is 11.1. The molecule has 0 aliphatic rings. The van der Waals surface area contributed by atoms with Gasteiger partial charge in [0.15, 0.2) is 5.96 Å². The highest BCUT2D eigenvalue weighted by atomic mass is 35.5. The number of carbonyl (C=O) groups excluding carboxylic acids is 1. The molecule has 31 heavy (non-hydrogen) atoms. The third-order valence-electron chi connectivity index (χ3n) is 4.47. The first kappa shape index (κ1) is 22.3. The minimum atomic E-state index is -0.0171. The van der Waals surface area contributed by atoms with Crippen LogP contribution in [0.4, 0.5) is 0 Å². The Morgan fingerprint density at radius 1 is 1.16 bits per heavy atom. The number of hydrogen-bond acceptors (Lipinski definition) is 5. The molecule has 0 atom stereocenters. The third-order valence-corrected chi connectivity index (χ3v) is 4.71. The molecule has 0 bridgehead atoms. The second-order valence-electron chi connectivity index (χ2n) is 7.02. The lowest BCUT2D eigenvalue weighted by Gasteiger charge is -2.12. The fraction of sp³-hybridized carbons (Fsp3) is 0.273. The van der Waals surface area contributed by atoms with Crippen LogP contribution < -0.4 is 10.6 Å². The monoisotopic (exact) mass is 440 g/mol. The van der Waals surface area contributed by atoms with Crippen molar-refractivity contribution < 1.29 is 9.32 Å². The van der Waals surface area contributed by atoms with E-state index in [1.54, 1.807) is 38.2 Å². The zero-order valence-electron chi connectivity index (χ0n) is 17.7. The molecule has 0 radical (unpaired) electrons. The molecule has 3 rings (SSSR count). The van der Waals surface area contributed by atoms with Gasteiger partial charge in [0.05, 0.1) is 0 Å². The highest BCUT2D eigenvalue weighted by Gasteiger charge is 2.10. The quantitative estimate of drug-likeness (QED) is 0.433. The van der Waals surface area contributed by atoms with Crippen LogP contribution in [0.25, 0.3) is 11.4 Å². The number of carbonyl (C=O) groups is 1. The molecule has 1 amide bonds. The van der Waals surface area contributed by atoms with Crippen LogP contribution >= 0.6 is 11.6 Å². The summed E-state index contributed by atoms with van der Waals surface area (Å²) in [4.78, 5) is 22.1. The largest absolute Gasteiger partial charge is 0.356 e. The van der Waals surface area contributed by atoms with Crippen molar-refractivity contribution in [2.75, 3.05) is 27.7 Å².